The van der Waals surface area contributed by atoms with Gasteiger partial charge in [-0.3, -0.25) is 9.69 Å². The Morgan fingerprint density at radius 3 is 3.05 bits per heavy atom. The minimum absolute atomic E-state index is 0.490. The van der Waals surface area contributed by atoms with Crippen molar-refractivity contribution in [1.82, 2.24) is 4.90 Å². The predicted molar refractivity (Wildman–Crippen MR) is 77.8 cm³/mol. The molecule has 0 bridgehead atoms. The summed E-state index contributed by atoms with van der Waals surface area (Å²) in [4.78, 5) is 13.4. The normalized spacial score (nSPS) is 22.6. The fourth-order valence-corrected chi connectivity index (χ4v) is 2.51. The monoisotopic (exact) mass is 275 g/mol. The number of ether oxygens (including phenoxy) is 1. The molecule has 1 aromatic carbocycles. The molecule has 0 aliphatic carbocycles. The van der Waals surface area contributed by atoms with Gasteiger partial charge in [-0.1, -0.05) is 24.8 Å². The van der Waals surface area contributed by atoms with E-state index in [2.05, 4.69) is 11.5 Å². The second-order valence-electron chi connectivity index (χ2n) is 5.57. The van der Waals surface area contributed by atoms with Crippen LogP contribution < -0.4 is 4.74 Å². The third-order valence-corrected chi connectivity index (χ3v) is 3.74. The van der Waals surface area contributed by atoms with Gasteiger partial charge in [0.05, 0.1) is 5.41 Å². The molecule has 1 unspecified atom stereocenters. The van der Waals surface area contributed by atoms with E-state index in [4.69, 9.17) is 4.74 Å². The van der Waals surface area contributed by atoms with Gasteiger partial charge in [0.25, 0.3) is 0 Å². The molecule has 1 aromatic rings. The highest BCUT2D eigenvalue weighted by Gasteiger charge is 2.40. The van der Waals surface area contributed by atoms with Crippen LogP contribution >= 0.6 is 0 Å². The maximum absolute atomic E-state index is 11.2. The first-order chi connectivity index (χ1) is 9.53. The molecule has 0 spiro atoms. The van der Waals surface area contributed by atoms with Crippen LogP contribution in [0, 0.1) is 5.41 Å². The molecule has 4 nitrogen and oxygen atoms in total. The van der Waals surface area contributed by atoms with Crippen LogP contribution in [0.3, 0.4) is 0 Å². The molecule has 1 heterocycles. The number of likely N-dealkylation sites (tertiary alicyclic amines) is 1. The van der Waals surface area contributed by atoms with E-state index in [0.717, 1.165) is 24.4 Å². The second kappa shape index (κ2) is 6.09. The lowest BCUT2D eigenvalue weighted by molar-refractivity contribution is -0.147. The number of carboxylic acids is 1. The van der Waals surface area contributed by atoms with Crippen molar-refractivity contribution in [3.05, 3.63) is 42.5 Å². The Bertz CT molecular complexity index is 500. The van der Waals surface area contributed by atoms with E-state index in [0.29, 0.717) is 19.6 Å². The van der Waals surface area contributed by atoms with E-state index in [1.165, 1.54) is 0 Å². The zero-order chi connectivity index (χ0) is 14.6. The number of carboxylic acid groups (broad SMARTS) is 1. The van der Waals surface area contributed by atoms with Gasteiger partial charge in [-0.05, 0) is 37.6 Å². The van der Waals surface area contributed by atoms with Crippen LogP contribution in [-0.4, -0.2) is 35.7 Å². The van der Waals surface area contributed by atoms with Crippen LogP contribution in [0.5, 0.6) is 5.75 Å². The summed E-state index contributed by atoms with van der Waals surface area (Å²) in [5, 5.41) is 9.24. The van der Waals surface area contributed by atoms with Crippen molar-refractivity contribution < 1.29 is 14.6 Å². The van der Waals surface area contributed by atoms with Crippen LogP contribution in [0.25, 0.3) is 0 Å². The smallest absolute Gasteiger partial charge is 0.310 e. The van der Waals surface area contributed by atoms with Gasteiger partial charge in [0, 0.05) is 13.1 Å². The lowest BCUT2D eigenvalue weighted by atomic mass is 9.90. The first-order valence-electron chi connectivity index (χ1n) is 6.82. The molecule has 0 amide bonds. The largest absolute Gasteiger partial charge is 0.490 e. The molecular formula is C16H21NO3. The Kier molecular flexibility index (Phi) is 4.45. The molecule has 0 aromatic heterocycles. The topological polar surface area (TPSA) is 49.8 Å². The van der Waals surface area contributed by atoms with Crippen molar-refractivity contribution >= 4 is 5.97 Å². The molecule has 1 fully saturated rings. The van der Waals surface area contributed by atoms with Gasteiger partial charge in [0.15, 0.2) is 0 Å². The van der Waals surface area contributed by atoms with Crippen molar-refractivity contribution in [2.75, 3.05) is 19.7 Å². The first-order valence-corrected chi connectivity index (χ1v) is 6.82. The Labute approximate surface area is 119 Å². The van der Waals surface area contributed by atoms with Gasteiger partial charge < -0.3 is 9.84 Å². The van der Waals surface area contributed by atoms with Gasteiger partial charge in [0.1, 0.15) is 12.4 Å². The Hall–Kier alpha value is -1.81. The highest BCUT2D eigenvalue weighted by molar-refractivity contribution is 5.74. The Morgan fingerprint density at radius 1 is 1.60 bits per heavy atom. The number of nitrogens with zero attached hydrogens (tertiary/aromatic N) is 1. The Balaban J connectivity index is 1.97. The van der Waals surface area contributed by atoms with E-state index in [9.17, 15) is 9.90 Å². The summed E-state index contributed by atoms with van der Waals surface area (Å²) < 4.78 is 5.51. The number of carbonyl (C=O) groups is 1. The molecular weight excluding hydrogens is 254 g/mol. The van der Waals surface area contributed by atoms with Crippen molar-refractivity contribution in [2.24, 2.45) is 5.41 Å². The molecule has 1 N–H and O–H groups in total. The molecule has 1 saturated heterocycles. The van der Waals surface area contributed by atoms with Crippen LogP contribution in [0.15, 0.2) is 36.9 Å². The number of benzene rings is 1. The van der Waals surface area contributed by atoms with Crippen LogP contribution in [0.1, 0.15) is 18.9 Å². The average molecular weight is 275 g/mol. The molecule has 1 aliphatic heterocycles. The average Bonchev–Trinajstić information content (AvgIpc) is 2.80. The fourth-order valence-electron chi connectivity index (χ4n) is 2.51. The maximum Gasteiger partial charge on any atom is 0.310 e. The number of hydrogen-bond acceptors (Lipinski definition) is 3. The SMILES string of the molecule is C=CCOc1cccc(CN2CCC(C)(C(=O)O)C2)c1. The van der Waals surface area contributed by atoms with Crippen molar-refractivity contribution in [2.45, 2.75) is 19.9 Å². The van der Waals surface area contributed by atoms with Gasteiger partial charge >= 0.3 is 5.97 Å². The zero-order valence-electron chi connectivity index (χ0n) is 11.8. The summed E-state index contributed by atoms with van der Waals surface area (Å²) in [6, 6.07) is 7.91. The minimum Gasteiger partial charge on any atom is -0.490 e. The van der Waals surface area contributed by atoms with Gasteiger partial charge in [-0.25, -0.2) is 0 Å². The van der Waals surface area contributed by atoms with Crippen molar-refractivity contribution in [1.29, 1.82) is 0 Å². The van der Waals surface area contributed by atoms with Gasteiger partial charge in [-0.15, -0.1) is 0 Å². The summed E-state index contributed by atoms with van der Waals surface area (Å²) in [5.41, 5.74) is 0.526. The summed E-state index contributed by atoms with van der Waals surface area (Å²) in [6.07, 6.45) is 2.42. The standard InChI is InChI=1S/C16H21NO3/c1-3-9-20-14-6-4-5-13(10-14)11-17-8-7-16(2,12-17)15(18)19/h3-6,10H,1,7-9,11-12H2,2H3,(H,18,19). The lowest BCUT2D eigenvalue weighted by Gasteiger charge is -2.20. The molecule has 1 atom stereocenters. The van der Waals surface area contributed by atoms with Crippen molar-refractivity contribution in [3.8, 4) is 5.75 Å². The zero-order valence-corrected chi connectivity index (χ0v) is 11.8. The Morgan fingerprint density at radius 2 is 2.40 bits per heavy atom. The van der Waals surface area contributed by atoms with Crippen LogP contribution in [0.4, 0.5) is 0 Å². The molecule has 1 aliphatic rings. The number of rotatable bonds is 6. The summed E-state index contributed by atoms with van der Waals surface area (Å²) in [7, 11) is 0. The van der Waals surface area contributed by atoms with E-state index in [1.807, 2.05) is 31.2 Å². The van der Waals surface area contributed by atoms with Crippen LogP contribution in [0.2, 0.25) is 0 Å². The number of hydrogen-bond donors (Lipinski definition) is 1. The molecule has 20 heavy (non-hydrogen) atoms. The number of aliphatic carboxylic acids is 1. The fraction of sp³-hybridized carbons (Fsp3) is 0.438. The molecule has 0 saturated carbocycles. The molecule has 0 radical (unpaired) electrons. The third kappa shape index (κ3) is 3.39. The lowest BCUT2D eigenvalue weighted by Crippen LogP contribution is -2.31. The predicted octanol–water partition coefficient (Wildman–Crippen LogP) is 2.55. The molecule has 4 heteroatoms. The summed E-state index contributed by atoms with van der Waals surface area (Å²) >= 11 is 0. The van der Waals surface area contributed by atoms with Crippen LogP contribution in [-0.2, 0) is 11.3 Å². The third-order valence-electron chi connectivity index (χ3n) is 3.74. The molecule has 2 rings (SSSR count). The quantitative estimate of drug-likeness (QED) is 0.811. The maximum atomic E-state index is 11.2. The summed E-state index contributed by atoms with van der Waals surface area (Å²) in [6.45, 7) is 8.11. The van der Waals surface area contributed by atoms with Gasteiger partial charge in [-0.2, -0.15) is 0 Å². The van der Waals surface area contributed by atoms with E-state index in [-0.39, 0.29) is 0 Å². The summed E-state index contributed by atoms with van der Waals surface area (Å²) in [5.74, 6) is 0.116. The van der Waals surface area contributed by atoms with E-state index >= 15 is 0 Å². The molecule has 108 valence electrons. The minimum atomic E-state index is -0.705. The van der Waals surface area contributed by atoms with E-state index < -0.39 is 11.4 Å². The highest BCUT2D eigenvalue weighted by Crippen LogP contribution is 2.31. The van der Waals surface area contributed by atoms with Gasteiger partial charge in [0.2, 0.25) is 0 Å². The van der Waals surface area contributed by atoms with Crippen molar-refractivity contribution in [3.63, 3.8) is 0 Å². The second-order valence-corrected chi connectivity index (χ2v) is 5.57. The first kappa shape index (κ1) is 14.6. The van der Waals surface area contributed by atoms with E-state index in [1.54, 1.807) is 6.08 Å². The highest BCUT2D eigenvalue weighted by atomic mass is 16.5.